The van der Waals surface area contributed by atoms with Crippen LogP contribution in [0.4, 0.5) is 5.69 Å². The molecule has 4 heteroatoms. The molecule has 1 aliphatic heterocycles. The zero-order chi connectivity index (χ0) is 16.0. The molecule has 2 rings (SSSR count). The lowest BCUT2D eigenvalue weighted by atomic mass is 9.83. The number of hydrogen-bond acceptors (Lipinski definition) is 3. The van der Waals surface area contributed by atoms with Gasteiger partial charge in [0.1, 0.15) is 5.54 Å². The molecule has 1 aromatic rings. The molecule has 0 unspecified atom stereocenters. The van der Waals surface area contributed by atoms with Crippen LogP contribution in [0.3, 0.4) is 0 Å². The van der Waals surface area contributed by atoms with Crippen LogP contribution in [-0.2, 0) is 4.79 Å². The lowest BCUT2D eigenvalue weighted by molar-refractivity contribution is -0.125. The number of hydrazine groups is 1. The summed E-state index contributed by atoms with van der Waals surface area (Å²) < 4.78 is 0. The second-order valence-electron chi connectivity index (χ2n) is 6.87. The van der Waals surface area contributed by atoms with Gasteiger partial charge in [-0.15, -0.1) is 0 Å². The van der Waals surface area contributed by atoms with E-state index in [1.54, 1.807) is 0 Å². The van der Waals surface area contributed by atoms with Gasteiger partial charge in [-0.25, -0.2) is 5.84 Å². The summed E-state index contributed by atoms with van der Waals surface area (Å²) in [5.41, 5.74) is 5.95. The highest BCUT2D eigenvalue weighted by Gasteiger charge is 2.44. The highest BCUT2D eigenvalue weighted by atomic mass is 16.2. The van der Waals surface area contributed by atoms with E-state index in [2.05, 4.69) is 62.3 Å². The molecule has 0 saturated heterocycles. The first-order valence-electron chi connectivity index (χ1n) is 7.23. The van der Waals surface area contributed by atoms with Gasteiger partial charge < -0.3 is 4.90 Å². The van der Waals surface area contributed by atoms with Crippen molar-refractivity contribution in [2.24, 2.45) is 5.84 Å². The maximum atomic E-state index is 12.3. The average Bonchev–Trinajstić information content (AvgIpc) is 2.37. The van der Waals surface area contributed by atoms with Crippen molar-refractivity contribution >= 4 is 17.2 Å². The monoisotopic (exact) mass is 287 g/mol. The zero-order valence-electron chi connectivity index (χ0n) is 13.7. The topological polar surface area (TPSA) is 58.4 Å². The third-order valence-corrected chi connectivity index (χ3v) is 4.21. The standard InChI is InChI=1S/C17H25N3O/c1-11-7-8-14-13(9-11)12(2)10-16(3,4)20(14)17(5,6)15(21)19-18/h7-10H,18H2,1-6H3,(H,19,21). The fourth-order valence-electron chi connectivity index (χ4n) is 3.44. The van der Waals surface area contributed by atoms with Crippen LogP contribution in [0.25, 0.3) is 5.57 Å². The molecule has 1 amide bonds. The number of benzene rings is 1. The summed E-state index contributed by atoms with van der Waals surface area (Å²) in [5, 5.41) is 0. The Bertz CT molecular complexity index is 614. The van der Waals surface area contributed by atoms with Gasteiger partial charge in [-0.1, -0.05) is 17.7 Å². The number of rotatable bonds is 2. The average molecular weight is 287 g/mol. The molecule has 0 atom stereocenters. The molecular weight excluding hydrogens is 262 g/mol. The molecule has 1 heterocycles. The second kappa shape index (κ2) is 4.88. The Kier molecular flexibility index (Phi) is 3.62. The van der Waals surface area contributed by atoms with E-state index < -0.39 is 5.54 Å². The van der Waals surface area contributed by atoms with E-state index in [1.807, 2.05) is 13.8 Å². The van der Waals surface area contributed by atoms with Gasteiger partial charge in [0.25, 0.3) is 5.91 Å². The van der Waals surface area contributed by atoms with Crippen LogP contribution in [-0.4, -0.2) is 17.0 Å². The van der Waals surface area contributed by atoms with E-state index in [-0.39, 0.29) is 11.4 Å². The molecule has 0 fully saturated rings. The van der Waals surface area contributed by atoms with Crippen LogP contribution < -0.4 is 16.2 Å². The third kappa shape index (κ3) is 2.44. The van der Waals surface area contributed by atoms with E-state index in [1.165, 1.54) is 16.7 Å². The van der Waals surface area contributed by atoms with Gasteiger partial charge in [0, 0.05) is 11.3 Å². The molecule has 0 aromatic heterocycles. The van der Waals surface area contributed by atoms with Crippen molar-refractivity contribution in [3.05, 3.63) is 35.4 Å². The van der Waals surface area contributed by atoms with E-state index in [0.717, 1.165) is 5.69 Å². The van der Waals surface area contributed by atoms with Crippen molar-refractivity contribution in [1.82, 2.24) is 5.43 Å². The van der Waals surface area contributed by atoms with Crippen molar-refractivity contribution < 1.29 is 4.79 Å². The van der Waals surface area contributed by atoms with Gasteiger partial charge >= 0.3 is 0 Å². The number of allylic oxidation sites excluding steroid dienone is 1. The minimum absolute atomic E-state index is 0.199. The first-order chi connectivity index (χ1) is 9.61. The van der Waals surface area contributed by atoms with Gasteiger partial charge in [0.15, 0.2) is 0 Å². The molecule has 3 N–H and O–H groups in total. The van der Waals surface area contributed by atoms with E-state index in [0.29, 0.717) is 0 Å². The lowest BCUT2D eigenvalue weighted by Gasteiger charge is -2.51. The Morgan fingerprint density at radius 2 is 1.90 bits per heavy atom. The molecule has 0 radical (unpaired) electrons. The molecule has 0 aliphatic carbocycles. The van der Waals surface area contributed by atoms with Crippen LogP contribution in [0.2, 0.25) is 0 Å². The predicted molar refractivity (Wildman–Crippen MR) is 87.8 cm³/mol. The van der Waals surface area contributed by atoms with Crippen molar-refractivity contribution in [2.45, 2.75) is 52.6 Å². The molecular formula is C17H25N3O. The Labute approximate surface area is 127 Å². The second-order valence-corrected chi connectivity index (χ2v) is 6.87. The minimum atomic E-state index is -0.751. The van der Waals surface area contributed by atoms with Crippen LogP contribution in [0.15, 0.2) is 24.3 Å². The lowest BCUT2D eigenvalue weighted by Crippen LogP contribution is -2.63. The SMILES string of the molecule is CC1=CC(C)(C)N(C(C)(C)C(=O)NN)c2ccc(C)cc21. The number of carbonyl (C=O) groups excluding carboxylic acids is 1. The van der Waals surface area contributed by atoms with E-state index in [4.69, 9.17) is 5.84 Å². The molecule has 1 aromatic carbocycles. The zero-order valence-corrected chi connectivity index (χ0v) is 13.7. The number of carbonyl (C=O) groups is 1. The van der Waals surface area contributed by atoms with Gasteiger partial charge in [-0.3, -0.25) is 10.2 Å². The Morgan fingerprint density at radius 1 is 1.29 bits per heavy atom. The summed E-state index contributed by atoms with van der Waals surface area (Å²) in [6.07, 6.45) is 2.21. The Balaban J connectivity index is 2.68. The van der Waals surface area contributed by atoms with Gasteiger partial charge in [-0.2, -0.15) is 0 Å². The quantitative estimate of drug-likeness (QED) is 0.499. The van der Waals surface area contributed by atoms with Crippen LogP contribution in [0, 0.1) is 6.92 Å². The fraction of sp³-hybridized carbons (Fsp3) is 0.471. The molecule has 4 nitrogen and oxygen atoms in total. The number of amides is 1. The number of anilines is 1. The fourth-order valence-corrected chi connectivity index (χ4v) is 3.44. The van der Waals surface area contributed by atoms with E-state index >= 15 is 0 Å². The molecule has 1 aliphatic rings. The summed E-state index contributed by atoms with van der Waals surface area (Å²) >= 11 is 0. The predicted octanol–water partition coefficient (Wildman–Crippen LogP) is 2.77. The number of aryl methyl sites for hydroxylation is 1. The van der Waals surface area contributed by atoms with Crippen LogP contribution >= 0.6 is 0 Å². The molecule has 21 heavy (non-hydrogen) atoms. The maximum Gasteiger partial charge on any atom is 0.259 e. The summed E-state index contributed by atoms with van der Waals surface area (Å²) in [6.45, 7) is 12.2. The third-order valence-electron chi connectivity index (χ3n) is 4.21. The van der Waals surface area contributed by atoms with Crippen molar-refractivity contribution in [2.75, 3.05) is 4.90 Å². The molecule has 0 bridgehead atoms. The Morgan fingerprint density at radius 3 is 2.48 bits per heavy atom. The van der Waals surface area contributed by atoms with Gasteiger partial charge in [0.2, 0.25) is 0 Å². The number of nitrogens with one attached hydrogen (secondary N) is 1. The van der Waals surface area contributed by atoms with Crippen LogP contribution in [0.1, 0.15) is 45.7 Å². The molecule has 0 spiro atoms. The summed E-state index contributed by atoms with van der Waals surface area (Å²) in [7, 11) is 0. The van der Waals surface area contributed by atoms with Crippen LogP contribution in [0.5, 0.6) is 0 Å². The first-order valence-corrected chi connectivity index (χ1v) is 7.23. The highest BCUT2D eigenvalue weighted by molar-refractivity contribution is 5.92. The normalized spacial score (nSPS) is 17.1. The molecule has 0 saturated carbocycles. The number of nitrogens with zero attached hydrogens (tertiary/aromatic N) is 1. The largest absolute Gasteiger partial charge is 0.348 e. The number of hydrogen-bond donors (Lipinski definition) is 2. The highest BCUT2D eigenvalue weighted by Crippen LogP contribution is 2.43. The smallest absolute Gasteiger partial charge is 0.259 e. The summed E-state index contributed by atoms with van der Waals surface area (Å²) in [5.74, 6) is 5.18. The first kappa shape index (κ1) is 15.6. The summed E-state index contributed by atoms with van der Waals surface area (Å²) in [6, 6.07) is 6.34. The van der Waals surface area contributed by atoms with Crippen molar-refractivity contribution in [1.29, 1.82) is 0 Å². The van der Waals surface area contributed by atoms with Crippen molar-refractivity contribution in [3.8, 4) is 0 Å². The van der Waals surface area contributed by atoms with Gasteiger partial charge in [0.05, 0.1) is 5.54 Å². The van der Waals surface area contributed by atoms with E-state index in [9.17, 15) is 4.79 Å². The Hall–Kier alpha value is -1.81. The van der Waals surface area contributed by atoms with Gasteiger partial charge in [-0.05, 0) is 59.2 Å². The number of nitrogens with two attached hydrogens (primary N) is 1. The molecule has 114 valence electrons. The minimum Gasteiger partial charge on any atom is -0.348 e. The number of fused-ring (bicyclic) bond motifs is 1. The van der Waals surface area contributed by atoms with Crippen molar-refractivity contribution in [3.63, 3.8) is 0 Å². The maximum absolute atomic E-state index is 12.3. The summed E-state index contributed by atoms with van der Waals surface area (Å²) in [4.78, 5) is 14.4.